The molecule has 37 heavy (non-hydrogen) atoms. The maximum Gasteiger partial charge on any atom is 0.264 e. The molecule has 0 saturated carbocycles. The highest BCUT2D eigenvalue weighted by Crippen LogP contribution is 2.26. The summed E-state index contributed by atoms with van der Waals surface area (Å²) in [5.41, 5.74) is 1.78. The smallest absolute Gasteiger partial charge is 0.264 e. The van der Waals surface area contributed by atoms with Crippen LogP contribution in [0.25, 0.3) is 0 Å². The van der Waals surface area contributed by atoms with Crippen molar-refractivity contribution >= 4 is 39.1 Å². The van der Waals surface area contributed by atoms with Crippen LogP contribution in [0, 0.1) is 12.7 Å². The summed E-state index contributed by atoms with van der Waals surface area (Å²) in [4.78, 5) is 27.7. The molecule has 0 aliphatic carbocycles. The highest BCUT2D eigenvalue weighted by Gasteiger charge is 2.33. The highest BCUT2D eigenvalue weighted by molar-refractivity contribution is 7.92. The Morgan fingerprint density at radius 1 is 1.00 bits per heavy atom. The molecule has 0 spiro atoms. The summed E-state index contributed by atoms with van der Waals surface area (Å²) in [6, 6.07) is 17.1. The van der Waals surface area contributed by atoms with Crippen molar-refractivity contribution in [2.75, 3.05) is 17.9 Å². The number of hydrogen-bond acceptors (Lipinski definition) is 4. The molecule has 1 atom stereocenters. The fourth-order valence-electron chi connectivity index (χ4n) is 3.87. The summed E-state index contributed by atoms with van der Waals surface area (Å²) < 4.78 is 41.8. The zero-order valence-electron chi connectivity index (χ0n) is 20.8. The molecule has 0 heterocycles. The summed E-state index contributed by atoms with van der Waals surface area (Å²) >= 11 is 6.34. The van der Waals surface area contributed by atoms with Crippen molar-refractivity contribution in [3.8, 4) is 0 Å². The molecule has 0 bridgehead atoms. The third kappa shape index (κ3) is 6.67. The van der Waals surface area contributed by atoms with Gasteiger partial charge in [-0.2, -0.15) is 0 Å². The van der Waals surface area contributed by atoms with Crippen molar-refractivity contribution < 1.29 is 22.4 Å². The van der Waals surface area contributed by atoms with Crippen LogP contribution in [0.4, 0.5) is 10.1 Å². The third-order valence-corrected chi connectivity index (χ3v) is 8.09. The van der Waals surface area contributed by atoms with Gasteiger partial charge in [-0.1, -0.05) is 54.4 Å². The van der Waals surface area contributed by atoms with Gasteiger partial charge in [0.25, 0.3) is 10.0 Å². The van der Waals surface area contributed by atoms with E-state index in [9.17, 15) is 22.4 Å². The van der Waals surface area contributed by atoms with Crippen LogP contribution >= 0.6 is 11.6 Å². The average Bonchev–Trinajstić information content (AvgIpc) is 2.88. The number of nitrogens with zero attached hydrogens (tertiary/aromatic N) is 2. The Morgan fingerprint density at radius 3 is 2.19 bits per heavy atom. The van der Waals surface area contributed by atoms with Crippen LogP contribution in [0.1, 0.15) is 24.5 Å². The summed E-state index contributed by atoms with van der Waals surface area (Å²) in [7, 11) is -2.79. The Morgan fingerprint density at radius 2 is 1.62 bits per heavy atom. The van der Waals surface area contributed by atoms with Crippen LogP contribution < -0.4 is 9.62 Å². The lowest BCUT2D eigenvalue weighted by molar-refractivity contribution is -0.140. The van der Waals surface area contributed by atoms with E-state index in [-0.39, 0.29) is 23.0 Å². The van der Waals surface area contributed by atoms with Gasteiger partial charge in [-0.25, -0.2) is 12.8 Å². The van der Waals surface area contributed by atoms with Crippen LogP contribution in [-0.4, -0.2) is 44.8 Å². The van der Waals surface area contributed by atoms with Crippen LogP contribution in [0.2, 0.25) is 5.02 Å². The minimum absolute atomic E-state index is 0.00275. The van der Waals surface area contributed by atoms with Crippen molar-refractivity contribution in [2.45, 2.75) is 37.8 Å². The first-order valence-electron chi connectivity index (χ1n) is 11.7. The molecule has 0 saturated heterocycles. The molecule has 0 fully saturated rings. The summed E-state index contributed by atoms with van der Waals surface area (Å²) in [6.45, 7) is 3.04. The van der Waals surface area contributed by atoms with Gasteiger partial charge in [0, 0.05) is 18.6 Å². The van der Waals surface area contributed by atoms with Crippen LogP contribution in [0.15, 0.2) is 77.7 Å². The number of anilines is 1. The molecule has 10 heteroatoms. The number of aryl methyl sites for hydroxylation is 1. The fraction of sp³-hybridized carbons (Fsp3) is 0.259. The Bertz CT molecular complexity index is 1350. The molecule has 3 aromatic carbocycles. The van der Waals surface area contributed by atoms with E-state index in [1.165, 1.54) is 11.9 Å². The lowest BCUT2D eigenvalue weighted by Crippen LogP contribution is -2.51. The number of rotatable bonds is 10. The van der Waals surface area contributed by atoms with Gasteiger partial charge in [-0.05, 0) is 61.4 Å². The van der Waals surface area contributed by atoms with Gasteiger partial charge >= 0.3 is 0 Å². The molecule has 0 aromatic heterocycles. The maximum absolute atomic E-state index is 13.8. The zero-order chi connectivity index (χ0) is 27.2. The number of carbonyl (C=O) groups is 2. The van der Waals surface area contributed by atoms with E-state index in [1.54, 1.807) is 55.5 Å². The van der Waals surface area contributed by atoms with Crippen LogP contribution in [0.5, 0.6) is 0 Å². The number of hydrogen-bond donors (Lipinski definition) is 1. The molecule has 7 nitrogen and oxygen atoms in total. The topological polar surface area (TPSA) is 86.8 Å². The molecule has 0 unspecified atom stereocenters. The summed E-state index contributed by atoms with van der Waals surface area (Å²) in [5.74, 6) is -1.56. The van der Waals surface area contributed by atoms with Crippen molar-refractivity contribution in [3.63, 3.8) is 0 Å². The Balaban J connectivity index is 2.06. The molecule has 196 valence electrons. The predicted molar refractivity (Wildman–Crippen MR) is 142 cm³/mol. The maximum atomic E-state index is 13.8. The second-order valence-corrected chi connectivity index (χ2v) is 10.7. The van der Waals surface area contributed by atoms with Gasteiger partial charge in [0.2, 0.25) is 11.8 Å². The summed E-state index contributed by atoms with van der Waals surface area (Å²) in [5, 5.41) is 2.99. The monoisotopic (exact) mass is 545 g/mol. The van der Waals surface area contributed by atoms with Gasteiger partial charge in [-0.15, -0.1) is 0 Å². The van der Waals surface area contributed by atoms with Gasteiger partial charge in [0.05, 0.1) is 10.6 Å². The first-order valence-corrected chi connectivity index (χ1v) is 13.5. The van der Waals surface area contributed by atoms with Crippen molar-refractivity contribution in [3.05, 3.63) is 94.8 Å². The number of sulfonamides is 1. The van der Waals surface area contributed by atoms with E-state index in [1.807, 2.05) is 6.92 Å². The van der Waals surface area contributed by atoms with Crippen LogP contribution in [-0.2, 0) is 26.2 Å². The molecule has 0 aliphatic heterocycles. The Hall–Kier alpha value is -3.43. The number of likely N-dealkylation sites (N-methyl/N-ethyl adjacent to an activating group) is 1. The molecule has 3 rings (SSSR count). The molecule has 0 aliphatic rings. The van der Waals surface area contributed by atoms with E-state index >= 15 is 0 Å². The molecular formula is C27H29ClFN3O4S. The minimum Gasteiger partial charge on any atom is -0.357 e. The minimum atomic E-state index is -4.26. The number of amides is 2. The third-order valence-electron chi connectivity index (χ3n) is 5.93. The Kier molecular flexibility index (Phi) is 9.29. The number of nitrogens with one attached hydrogen (secondary N) is 1. The van der Waals surface area contributed by atoms with E-state index in [2.05, 4.69) is 5.32 Å². The number of halogens is 2. The van der Waals surface area contributed by atoms with Crippen molar-refractivity contribution in [1.82, 2.24) is 10.2 Å². The van der Waals surface area contributed by atoms with Crippen molar-refractivity contribution in [2.24, 2.45) is 0 Å². The molecular weight excluding hydrogens is 517 g/mol. The predicted octanol–water partition coefficient (Wildman–Crippen LogP) is 4.54. The normalized spacial score (nSPS) is 12.0. The lowest BCUT2D eigenvalue weighted by Gasteiger charge is -2.33. The molecule has 0 radical (unpaired) electrons. The van der Waals surface area contributed by atoms with Gasteiger partial charge in [0.1, 0.15) is 18.4 Å². The Labute approximate surface area is 221 Å². The van der Waals surface area contributed by atoms with Gasteiger partial charge in [-0.3, -0.25) is 13.9 Å². The fourth-order valence-corrected chi connectivity index (χ4v) is 5.48. The van der Waals surface area contributed by atoms with Gasteiger partial charge < -0.3 is 10.2 Å². The lowest BCUT2D eigenvalue weighted by atomic mass is 10.1. The molecule has 3 aromatic rings. The highest BCUT2D eigenvalue weighted by atomic mass is 35.5. The largest absolute Gasteiger partial charge is 0.357 e. The molecule has 1 N–H and O–H groups in total. The standard InChI is InChI=1S/C27H29ClFN3O4S/c1-4-25(27(34)30-3)31(17-20-7-5-6-8-24(20)28)26(33)18-32(22-13-9-19(2)10-14-22)37(35,36)23-15-11-21(29)12-16-23/h5-16,25H,4,17-18H2,1-3H3,(H,30,34)/t25-/m0/s1. The zero-order valence-corrected chi connectivity index (χ0v) is 22.4. The number of benzene rings is 3. The van der Waals surface area contributed by atoms with Crippen molar-refractivity contribution in [1.29, 1.82) is 0 Å². The van der Waals surface area contributed by atoms with E-state index in [0.717, 1.165) is 34.1 Å². The van der Waals surface area contributed by atoms with Crippen LogP contribution in [0.3, 0.4) is 0 Å². The first kappa shape index (κ1) is 28.1. The van der Waals surface area contributed by atoms with E-state index < -0.39 is 34.3 Å². The van der Waals surface area contributed by atoms with E-state index in [0.29, 0.717) is 17.0 Å². The SMILES string of the molecule is CC[C@@H](C(=O)NC)N(Cc1ccccc1Cl)C(=O)CN(c1ccc(C)cc1)S(=O)(=O)c1ccc(F)cc1. The van der Waals surface area contributed by atoms with Gasteiger partial charge in [0.15, 0.2) is 0 Å². The molecule has 2 amide bonds. The average molecular weight is 546 g/mol. The quantitative estimate of drug-likeness (QED) is 0.405. The van der Waals surface area contributed by atoms with E-state index in [4.69, 9.17) is 11.6 Å². The second-order valence-electron chi connectivity index (χ2n) is 8.45. The summed E-state index contributed by atoms with van der Waals surface area (Å²) in [6.07, 6.45) is 0.297. The number of carbonyl (C=O) groups excluding carboxylic acids is 2. The second kappa shape index (κ2) is 12.2. The first-order chi connectivity index (χ1) is 17.6.